The van der Waals surface area contributed by atoms with Crippen LogP contribution in [0.15, 0.2) is 18.2 Å². The van der Waals surface area contributed by atoms with Crippen LogP contribution in [0.25, 0.3) is 0 Å². The molecule has 1 nitrogen and oxygen atoms in total. The summed E-state index contributed by atoms with van der Waals surface area (Å²) < 4.78 is 0. The van der Waals surface area contributed by atoms with E-state index in [1.165, 1.54) is 16.7 Å². The second kappa shape index (κ2) is 2.85. The van der Waals surface area contributed by atoms with Gasteiger partial charge in [0.25, 0.3) is 0 Å². The molecule has 1 aromatic rings. The van der Waals surface area contributed by atoms with E-state index in [4.69, 9.17) is 5.73 Å². The van der Waals surface area contributed by atoms with Crippen molar-refractivity contribution in [1.29, 1.82) is 0 Å². The second-order valence-corrected chi connectivity index (χ2v) is 4.17. The van der Waals surface area contributed by atoms with E-state index in [0.29, 0.717) is 0 Å². The zero-order valence-electron chi connectivity index (χ0n) is 8.43. The van der Waals surface area contributed by atoms with Crippen molar-refractivity contribution in [2.45, 2.75) is 38.6 Å². The van der Waals surface area contributed by atoms with Crippen LogP contribution in [0.3, 0.4) is 0 Å². The fourth-order valence-corrected chi connectivity index (χ4v) is 1.87. The largest absolute Gasteiger partial charge is 0.321 e. The lowest BCUT2D eigenvalue weighted by Crippen LogP contribution is -2.20. The third-order valence-electron chi connectivity index (χ3n) is 2.97. The van der Waals surface area contributed by atoms with Crippen molar-refractivity contribution in [3.63, 3.8) is 0 Å². The first-order valence-corrected chi connectivity index (χ1v) is 5.04. The first kappa shape index (κ1) is 8.76. The van der Waals surface area contributed by atoms with Gasteiger partial charge < -0.3 is 5.73 Å². The minimum atomic E-state index is 0.0252. The molecule has 0 aliphatic heterocycles. The van der Waals surface area contributed by atoms with Crippen LogP contribution in [0.1, 0.15) is 36.5 Å². The predicted octanol–water partition coefficient (Wildman–Crippen LogP) is 2.51. The molecular formula is C12H17N. The quantitative estimate of drug-likeness (QED) is 0.734. The summed E-state index contributed by atoms with van der Waals surface area (Å²) in [6.45, 7) is 4.33. The molecule has 70 valence electrons. The summed E-state index contributed by atoms with van der Waals surface area (Å²) >= 11 is 0. The Morgan fingerprint density at radius 1 is 1.38 bits per heavy atom. The molecule has 0 heterocycles. The Morgan fingerprint density at radius 3 is 2.62 bits per heavy atom. The zero-order valence-corrected chi connectivity index (χ0v) is 8.43. The van der Waals surface area contributed by atoms with Gasteiger partial charge in [0.15, 0.2) is 0 Å². The van der Waals surface area contributed by atoms with Crippen LogP contribution in [0.4, 0.5) is 0 Å². The maximum atomic E-state index is 6.21. The van der Waals surface area contributed by atoms with Crippen LogP contribution in [0, 0.1) is 6.92 Å². The molecule has 1 aliphatic rings. The molecule has 1 fully saturated rings. The number of hydrogen-bond donors (Lipinski definition) is 1. The van der Waals surface area contributed by atoms with Crippen LogP contribution in [0.5, 0.6) is 0 Å². The van der Waals surface area contributed by atoms with Gasteiger partial charge in [-0.05, 0) is 37.3 Å². The molecule has 13 heavy (non-hydrogen) atoms. The number of benzene rings is 1. The average molecular weight is 175 g/mol. The third-order valence-corrected chi connectivity index (χ3v) is 2.97. The van der Waals surface area contributed by atoms with Crippen molar-refractivity contribution in [2.75, 3.05) is 0 Å². The molecule has 1 heteroatoms. The van der Waals surface area contributed by atoms with Crippen LogP contribution in [-0.2, 0) is 12.0 Å². The third kappa shape index (κ3) is 1.49. The minimum Gasteiger partial charge on any atom is -0.321 e. The minimum absolute atomic E-state index is 0.0252. The van der Waals surface area contributed by atoms with E-state index in [2.05, 4.69) is 32.0 Å². The monoisotopic (exact) mass is 175 g/mol. The van der Waals surface area contributed by atoms with Crippen molar-refractivity contribution in [3.05, 3.63) is 34.9 Å². The van der Waals surface area contributed by atoms with Crippen molar-refractivity contribution in [1.82, 2.24) is 0 Å². The summed E-state index contributed by atoms with van der Waals surface area (Å²) in [5.41, 5.74) is 10.4. The molecule has 1 aromatic carbocycles. The molecule has 2 N–H and O–H groups in total. The van der Waals surface area contributed by atoms with Gasteiger partial charge in [0.2, 0.25) is 0 Å². The predicted molar refractivity (Wildman–Crippen MR) is 55.7 cm³/mol. The SMILES string of the molecule is CCc1ccc(C)cc1C1(N)CC1. The highest BCUT2D eigenvalue weighted by Crippen LogP contribution is 2.44. The molecule has 0 aromatic heterocycles. The Morgan fingerprint density at radius 2 is 2.08 bits per heavy atom. The summed E-state index contributed by atoms with van der Waals surface area (Å²) in [4.78, 5) is 0. The molecule has 2 rings (SSSR count). The Hall–Kier alpha value is -0.820. The number of nitrogens with two attached hydrogens (primary N) is 1. The van der Waals surface area contributed by atoms with E-state index < -0.39 is 0 Å². The standard InChI is InChI=1S/C12H17N/c1-3-10-5-4-9(2)8-11(10)12(13)6-7-12/h4-5,8H,3,6-7,13H2,1-2H3. The van der Waals surface area contributed by atoms with Crippen LogP contribution in [-0.4, -0.2) is 0 Å². The van der Waals surface area contributed by atoms with Gasteiger partial charge in [-0.1, -0.05) is 30.7 Å². The highest BCUT2D eigenvalue weighted by Gasteiger charge is 2.41. The van der Waals surface area contributed by atoms with Gasteiger partial charge in [0.1, 0.15) is 0 Å². The van der Waals surface area contributed by atoms with Gasteiger partial charge in [-0.25, -0.2) is 0 Å². The molecule has 0 saturated heterocycles. The molecule has 0 unspecified atom stereocenters. The van der Waals surface area contributed by atoms with Gasteiger partial charge in [-0.3, -0.25) is 0 Å². The maximum absolute atomic E-state index is 6.21. The molecular weight excluding hydrogens is 158 g/mol. The molecule has 0 spiro atoms. The van der Waals surface area contributed by atoms with Gasteiger partial charge in [0, 0.05) is 5.54 Å². The fraction of sp³-hybridized carbons (Fsp3) is 0.500. The van der Waals surface area contributed by atoms with E-state index in [1.54, 1.807) is 0 Å². The van der Waals surface area contributed by atoms with Crippen LogP contribution >= 0.6 is 0 Å². The topological polar surface area (TPSA) is 26.0 Å². The molecule has 0 bridgehead atoms. The van der Waals surface area contributed by atoms with Gasteiger partial charge >= 0.3 is 0 Å². The van der Waals surface area contributed by atoms with Crippen molar-refractivity contribution >= 4 is 0 Å². The Labute approximate surface area is 80.0 Å². The Bertz CT molecular complexity index is 324. The summed E-state index contributed by atoms with van der Waals surface area (Å²) in [7, 11) is 0. The first-order valence-electron chi connectivity index (χ1n) is 5.04. The highest BCUT2D eigenvalue weighted by atomic mass is 14.8. The number of rotatable bonds is 2. The fourth-order valence-electron chi connectivity index (χ4n) is 1.87. The molecule has 0 atom stereocenters. The Balaban J connectivity index is 2.47. The van der Waals surface area contributed by atoms with Crippen LogP contribution in [0.2, 0.25) is 0 Å². The normalized spacial score (nSPS) is 18.7. The van der Waals surface area contributed by atoms with Crippen LogP contribution < -0.4 is 5.73 Å². The van der Waals surface area contributed by atoms with Gasteiger partial charge in [-0.2, -0.15) is 0 Å². The van der Waals surface area contributed by atoms with E-state index >= 15 is 0 Å². The lowest BCUT2D eigenvalue weighted by molar-refractivity contribution is 0.726. The Kier molecular flexibility index (Phi) is 1.92. The number of hydrogen-bond acceptors (Lipinski definition) is 1. The number of aryl methyl sites for hydroxylation is 2. The van der Waals surface area contributed by atoms with E-state index in [9.17, 15) is 0 Å². The molecule has 1 aliphatic carbocycles. The summed E-state index contributed by atoms with van der Waals surface area (Å²) in [6.07, 6.45) is 3.40. The zero-order chi connectivity index (χ0) is 9.47. The summed E-state index contributed by atoms with van der Waals surface area (Å²) in [5.74, 6) is 0. The van der Waals surface area contributed by atoms with Gasteiger partial charge in [0.05, 0.1) is 0 Å². The molecule has 0 amide bonds. The first-order chi connectivity index (χ1) is 6.15. The summed E-state index contributed by atoms with van der Waals surface area (Å²) in [6, 6.07) is 6.65. The lowest BCUT2D eigenvalue weighted by Gasteiger charge is -2.14. The summed E-state index contributed by atoms with van der Waals surface area (Å²) in [5, 5.41) is 0. The smallest absolute Gasteiger partial charge is 0.0414 e. The van der Waals surface area contributed by atoms with E-state index in [1.807, 2.05) is 0 Å². The van der Waals surface area contributed by atoms with Crippen molar-refractivity contribution in [3.8, 4) is 0 Å². The highest BCUT2D eigenvalue weighted by molar-refractivity contribution is 5.39. The lowest BCUT2D eigenvalue weighted by atomic mass is 9.95. The van der Waals surface area contributed by atoms with Crippen molar-refractivity contribution < 1.29 is 0 Å². The molecule has 1 saturated carbocycles. The van der Waals surface area contributed by atoms with Crippen molar-refractivity contribution in [2.24, 2.45) is 5.73 Å². The average Bonchev–Trinajstić information content (AvgIpc) is 2.85. The van der Waals surface area contributed by atoms with E-state index in [0.717, 1.165) is 19.3 Å². The second-order valence-electron chi connectivity index (χ2n) is 4.17. The maximum Gasteiger partial charge on any atom is 0.0414 e. The van der Waals surface area contributed by atoms with Gasteiger partial charge in [-0.15, -0.1) is 0 Å². The van der Waals surface area contributed by atoms with E-state index in [-0.39, 0.29) is 5.54 Å². The molecule has 0 radical (unpaired) electrons.